The zero-order valence-corrected chi connectivity index (χ0v) is 16.5. The Hall–Kier alpha value is -1.40. The molecule has 25 heavy (non-hydrogen) atoms. The number of nitrogens with zero attached hydrogens (tertiary/aromatic N) is 4. The fourth-order valence-corrected chi connectivity index (χ4v) is 3.28. The van der Waals surface area contributed by atoms with Gasteiger partial charge >= 0.3 is 0 Å². The minimum Gasteiger partial charge on any atom is -0.361 e. The Bertz CT molecular complexity index is 523. The van der Waals surface area contributed by atoms with E-state index in [1.165, 1.54) is 0 Å². The molecule has 1 aliphatic rings. The average Bonchev–Trinajstić information content (AvgIpc) is 2.92. The maximum absolute atomic E-state index is 12.7. The van der Waals surface area contributed by atoms with Crippen LogP contribution in [-0.2, 0) is 11.3 Å². The van der Waals surface area contributed by atoms with Crippen LogP contribution in [0.3, 0.4) is 0 Å². The van der Waals surface area contributed by atoms with E-state index >= 15 is 0 Å². The monoisotopic (exact) mass is 350 g/mol. The van der Waals surface area contributed by atoms with Gasteiger partial charge in [0.15, 0.2) is 0 Å². The SMILES string of the molecule is Cc1cc(CN2CCN(CC(=O)N(CC(C)C)CC(C)C)CC2)no1. The third-order valence-corrected chi connectivity index (χ3v) is 4.41. The van der Waals surface area contributed by atoms with Crippen LogP contribution in [0.15, 0.2) is 10.6 Å². The molecule has 0 radical (unpaired) electrons. The number of hydrogen-bond acceptors (Lipinski definition) is 5. The number of aromatic nitrogens is 1. The molecule has 1 aromatic rings. The summed E-state index contributed by atoms with van der Waals surface area (Å²) in [6.45, 7) is 17.5. The van der Waals surface area contributed by atoms with Gasteiger partial charge in [-0.1, -0.05) is 32.9 Å². The van der Waals surface area contributed by atoms with Gasteiger partial charge in [0.2, 0.25) is 5.91 Å². The highest BCUT2D eigenvalue weighted by Crippen LogP contribution is 2.10. The lowest BCUT2D eigenvalue weighted by molar-refractivity contribution is -0.134. The largest absolute Gasteiger partial charge is 0.361 e. The van der Waals surface area contributed by atoms with Crippen molar-refractivity contribution in [2.24, 2.45) is 11.8 Å². The van der Waals surface area contributed by atoms with Gasteiger partial charge in [-0.3, -0.25) is 14.6 Å². The molecule has 0 aliphatic carbocycles. The van der Waals surface area contributed by atoms with E-state index in [2.05, 4.69) is 42.7 Å². The number of amides is 1. The first-order valence-electron chi connectivity index (χ1n) is 9.48. The van der Waals surface area contributed by atoms with Crippen molar-refractivity contribution in [2.75, 3.05) is 45.8 Å². The van der Waals surface area contributed by atoms with Gasteiger partial charge in [-0.05, 0) is 18.8 Å². The van der Waals surface area contributed by atoms with Crippen molar-refractivity contribution in [3.8, 4) is 0 Å². The van der Waals surface area contributed by atoms with E-state index in [0.29, 0.717) is 18.4 Å². The summed E-state index contributed by atoms with van der Waals surface area (Å²) in [7, 11) is 0. The molecule has 0 N–H and O–H groups in total. The second-order valence-corrected chi connectivity index (χ2v) is 8.07. The molecule has 6 nitrogen and oxygen atoms in total. The van der Waals surface area contributed by atoms with E-state index < -0.39 is 0 Å². The molecule has 6 heteroatoms. The van der Waals surface area contributed by atoms with Crippen molar-refractivity contribution >= 4 is 5.91 Å². The Kier molecular flexibility index (Phi) is 7.44. The maximum Gasteiger partial charge on any atom is 0.236 e. The molecule has 0 atom stereocenters. The summed E-state index contributed by atoms with van der Waals surface area (Å²) in [6, 6.07) is 1.99. The Labute approximate surface area is 152 Å². The minimum atomic E-state index is 0.267. The van der Waals surface area contributed by atoms with Gasteiger partial charge in [-0.25, -0.2) is 0 Å². The molecule has 2 rings (SSSR count). The number of rotatable bonds is 8. The summed E-state index contributed by atoms with van der Waals surface area (Å²) in [5.74, 6) is 2.13. The maximum atomic E-state index is 12.7. The summed E-state index contributed by atoms with van der Waals surface area (Å²) in [6.07, 6.45) is 0. The van der Waals surface area contributed by atoms with Gasteiger partial charge < -0.3 is 9.42 Å². The van der Waals surface area contributed by atoms with Crippen LogP contribution in [0.4, 0.5) is 0 Å². The molecule has 2 heterocycles. The molecule has 142 valence electrons. The highest BCUT2D eigenvalue weighted by molar-refractivity contribution is 5.78. The summed E-state index contributed by atoms with van der Waals surface area (Å²) in [5.41, 5.74) is 0.988. The Morgan fingerprint density at radius 1 is 1.12 bits per heavy atom. The van der Waals surface area contributed by atoms with Crippen LogP contribution in [0, 0.1) is 18.8 Å². The molecule has 0 saturated carbocycles. The van der Waals surface area contributed by atoms with Gasteiger partial charge in [-0.15, -0.1) is 0 Å². The topological polar surface area (TPSA) is 52.8 Å². The number of aryl methyl sites for hydroxylation is 1. The lowest BCUT2D eigenvalue weighted by Crippen LogP contribution is -2.50. The molecule has 1 aliphatic heterocycles. The highest BCUT2D eigenvalue weighted by Gasteiger charge is 2.23. The summed E-state index contributed by atoms with van der Waals surface area (Å²) in [5, 5.41) is 4.06. The van der Waals surface area contributed by atoms with Crippen molar-refractivity contribution in [3.63, 3.8) is 0 Å². The van der Waals surface area contributed by atoms with E-state index in [-0.39, 0.29) is 5.91 Å². The first-order valence-corrected chi connectivity index (χ1v) is 9.48. The molecule has 0 spiro atoms. The van der Waals surface area contributed by atoms with Crippen molar-refractivity contribution in [3.05, 3.63) is 17.5 Å². The molecule has 1 aromatic heterocycles. The zero-order valence-electron chi connectivity index (χ0n) is 16.5. The van der Waals surface area contributed by atoms with Gasteiger partial charge in [0.05, 0.1) is 12.2 Å². The third kappa shape index (κ3) is 6.78. The van der Waals surface area contributed by atoms with E-state index in [1.807, 2.05) is 17.9 Å². The molecular weight excluding hydrogens is 316 g/mol. The Balaban J connectivity index is 1.78. The van der Waals surface area contributed by atoms with Crippen LogP contribution in [0.2, 0.25) is 0 Å². The van der Waals surface area contributed by atoms with Crippen LogP contribution < -0.4 is 0 Å². The fourth-order valence-electron chi connectivity index (χ4n) is 3.28. The lowest BCUT2D eigenvalue weighted by Gasteiger charge is -2.35. The van der Waals surface area contributed by atoms with Crippen LogP contribution in [0.5, 0.6) is 0 Å². The summed E-state index contributed by atoms with van der Waals surface area (Å²) in [4.78, 5) is 19.4. The van der Waals surface area contributed by atoms with Crippen molar-refractivity contribution < 1.29 is 9.32 Å². The first kappa shape index (κ1) is 19.9. The van der Waals surface area contributed by atoms with Gasteiger partial charge in [0.1, 0.15) is 5.76 Å². The molecule has 1 fully saturated rings. The number of carbonyl (C=O) groups excluding carboxylic acids is 1. The van der Waals surface area contributed by atoms with Gasteiger partial charge in [-0.2, -0.15) is 0 Å². The first-order chi connectivity index (χ1) is 11.8. The summed E-state index contributed by atoms with van der Waals surface area (Å²) >= 11 is 0. The zero-order chi connectivity index (χ0) is 18.4. The van der Waals surface area contributed by atoms with Crippen LogP contribution >= 0.6 is 0 Å². The Morgan fingerprint density at radius 3 is 2.16 bits per heavy atom. The molecule has 1 amide bonds. The minimum absolute atomic E-state index is 0.267. The molecule has 0 bridgehead atoms. The number of carbonyl (C=O) groups is 1. The van der Waals surface area contributed by atoms with E-state index in [4.69, 9.17) is 4.52 Å². The van der Waals surface area contributed by atoms with Gasteiger partial charge in [0.25, 0.3) is 0 Å². The van der Waals surface area contributed by atoms with Crippen LogP contribution in [-0.4, -0.2) is 71.6 Å². The van der Waals surface area contributed by atoms with Gasteiger partial charge in [0, 0.05) is 51.9 Å². The molecular formula is C19H34N4O2. The highest BCUT2D eigenvalue weighted by atomic mass is 16.5. The predicted molar refractivity (Wildman–Crippen MR) is 99.2 cm³/mol. The normalized spacial score (nSPS) is 16.8. The number of piperazine rings is 1. The van der Waals surface area contributed by atoms with Crippen molar-refractivity contribution in [1.29, 1.82) is 0 Å². The lowest BCUT2D eigenvalue weighted by atomic mass is 10.1. The average molecular weight is 351 g/mol. The Morgan fingerprint density at radius 2 is 1.68 bits per heavy atom. The van der Waals surface area contributed by atoms with Crippen molar-refractivity contribution in [1.82, 2.24) is 19.9 Å². The second kappa shape index (κ2) is 9.34. The molecule has 0 unspecified atom stereocenters. The number of hydrogen-bond donors (Lipinski definition) is 0. The van der Waals surface area contributed by atoms with E-state index in [0.717, 1.165) is 57.3 Å². The summed E-state index contributed by atoms with van der Waals surface area (Å²) < 4.78 is 5.13. The standard InChI is InChI=1S/C19H34N4O2/c1-15(2)11-23(12-16(3)4)19(24)14-22-8-6-21(7-9-22)13-18-10-17(5)25-20-18/h10,15-16H,6-9,11-14H2,1-5H3. The quantitative estimate of drug-likeness (QED) is 0.720. The predicted octanol–water partition coefficient (Wildman–Crippen LogP) is 2.24. The van der Waals surface area contributed by atoms with Crippen molar-refractivity contribution in [2.45, 2.75) is 41.2 Å². The van der Waals surface area contributed by atoms with Crippen LogP contribution in [0.25, 0.3) is 0 Å². The fraction of sp³-hybridized carbons (Fsp3) is 0.789. The molecule has 0 aromatic carbocycles. The second-order valence-electron chi connectivity index (χ2n) is 8.07. The van der Waals surface area contributed by atoms with E-state index in [1.54, 1.807) is 0 Å². The van der Waals surface area contributed by atoms with E-state index in [9.17, 15) is 4.79 Å². The van der Waals surface area contributed by atoms with Crippen LogP contribution in [0.1, 0.15) is 39.1 Å². The molecule has 1 saturated heterocycles. The third-order valence-electron chi connectivity index (χ3n) is 4.41. The smallest absolute Gasteiger partial charge is 0.236 e.